The highest BCUT2D eigenvalue weighted by Crippen LogP contribution is 2.24. The molecule has 0 bridgehead atoms. The predicted octanol–water partition coefficient (Wildman–Crippen LogP) is 3.11. The second kappa shape index (κ2) is 6.32. The number of carbonyl (C=O) groups excluding carboxylic acids is 1. The summed E-state index contributed by atoms with van der Waals surface area (Å²) in [4.78, 5) is 28.1. The fourth-order valence-electron chi connectivity index (χ4n) is 1.71. The molecule has 5 nitrogen and oxygen atoms in total. The van der Waals surface area contributed by atoms with Crippen LogP contribution in [0.3, 0.4) is 0 Å². The van der Waals surface area contributed by atoms with Crippen LogP contribution in [0.15, 0.2) is 30.5 Å². The van der Waals surface area contributed by atoms with Gasteiger partial charge in [0, 0.05) is 17.2 Å². The summed E-state index contributed by atoms with van der Waals surface area (Å²) >= 11 is 1.24. The summed E-state index contributed by atoms with van der Waals surface area (Å²) in [5.74, 6) is -0.742. The van der Waals surface area contributed by atoms with E-state index in [9.17, 15) is 9.59 Å². The summed E-state index contributed by atoms with van der Waals surface area (Å²) in [6, 6.07) is 5.40. The Hall–Kier alpha value is -2.47. The second-order valence-corrected chi connectivity index (χ2v) is 5.54. The van der Waals surface area contributed by atoms with Gasteiger partial charge in [0.1, 0.15) is 5.82 Å². The average molecular weight is 302 g/mol. The molecular formula is C15H14N2O3S. The first kappa shape index (κ1) is 14.9. The molecule has 0 saturated carbocycles. The maximum absolute atomic E-state index is 12.2. The fourth-order valence-corrected chi connectivity index (χ4v) is 2.68. The Morgan fingerprint density at radius 1 is 1.33 bits per heavy atom. The average Bonchev–Trinajstić information content (AvgIpc) is 2.80. The van der Waals surface area contributed by atoms with E-state index in [1.807, 2.05) is 19.9 Å². The number of carboxylic acids is 1. The molecule has 0 radical (unpaired) electrons. The summed E-state index contributed by atoms with van der Waals surface area (Å²) in [6.07, 6.45) is 4.16. The van der Waals surface area contributed by atoms with Crippen LogP contribution < -0.4 is 5.32 Å². The van der Waals surface area contributed by atoms with E-state index in [0.29, 0.717) is 10.7 Å². The van der Waals surface area contributed by atoms with Crippen LogP contribution in [0.2, 0.25) is 0 Å². The van der Waals surface area contributed by atoms with Crippen LogP contribution >= 0.6 is 11.3 Å². The molecule has 0 unspecified atom stereocenters. The highest BCUT2D eigenvalue weighted by molar-refractivity contribution is 7.15. The molecule has 0 atom stereocenters. The van der Waals surface area contributed by atoms with E-state index in [0.717, 1.165) is 22.1 Å². The van der Waals surface area contributed by atoms with Crippen molar-refractivity contribution in [1.29, 1.82) is 0 Å². The number of rotatable bonds is 4. The molecule has 0 fully saturated rings. The van der Waals surface area contributed by atoms with E-state index < -0.39 is 5.97 Å². The number of aromatic nitrogens is 1. The molecule has 108 valence electrons. The number of aliphatic carboxylic acids is 1. The smallest absolute Gasteiger partial charge is 0.328 e. The molecule has 0 saturated heterocycles. The van der Waals surface area contributed by atoms with Crippen molar-refractivity contribution >= 4 is 35.1 Å². The van der Waals surface area contributed by atoms with Gasteiger partial charge in [-0.25, -0.2) is 9.78 Å². The summed E-state index contributed by atoms with van der Waals surface area (Å²) in [6.45, 7) is 3.70. The molecule has 21 heavy (non-hydrogen) atoms. The van der Waals surface area contributed by atoms with Crippen molar-refractivity contribution in [2.45, 2.75) is 13.8 Å². The Bertz CT molecular complexity index is 719. The van der Waals surface area contributed by atoms with Crippen molar-refractivity contribution in [3.8, 4) is 0 Å². The number of nitrogens with one attached hydrogen (secondary N) is 1. The van der Waals surface area contributed by atoms with E-state index in [1.165, 1.54) is 17.4 Å². The Balaban J connectivity index is 2.19. The molecule has 2 N–H and O–H groups in total. The van der Waals surface area contributed by atoms with Crippen molar-refractivity contribution in [2.24, 2.45) is 0 Å². The first-order valence-corrected chi connectivity index (χ1v) is 7.03. The summed E-state index contributed by atoms with van der Waals surface area (Å²) in [5, 5.41) is 11.4. The number of thiophene rings is 1. The number of carboxylic acid groups (broad SMARTS) is 1. The van der Waals surface area contributed by atoms with Crippen LogP contribution in [-0.2, 0) is 4.79 Å². The van der Waals surface area contributed by atoms with Crippen LogP contribution in [0.25, 0.3) is 6.08 Å². The van der Waals surface area contributed by atoms with Gasteiger partial charge < -0.3 is 10.4 Å². The lowest BCUT2D eigenvalue weighted by atomic mass is 10.2. The molecule has 1 amide bonds. The van der Waals surface area contributed by atoms with Crippen LogP contribution in [0.5, 0.6) is 0 Å². The van der Waals surface area contributed by atoms with Crippen molar-refractivity contribution in [1.82, 2.24) is 4.98 Å². The van der Waals surface area contributed by atoms with Gasteiger partial charge in [0.2, 0.25) is 0 Å². The zero-order chi connectivity index (χ0) is 15.4. The third kappa shape index (κ3) is 3.76. The third-order valence-corrected chi connectivity index (χ3v) is 4.00. The van der Waals surface area contributed by atoms with Crippen molar-refractivity contribution in [3.05, 3.63) is 51.4 Å². The number of aryl methyl sites for hydroxylation is 2. The van der Waals surface area contributed by atoms with Gasteiger partial charge in [0.05, 0.1) is 4.88 Å². The van der Waals surface area contributed by atoms with Crippen LogP contribution in [0.1, 0.15) is 25.7 Å². The molecule has 2 rings (SSSR count). The lowest BCUT2D eigenvalue weighted by molar-refractivity contribution is -0.131. The molecule has 6 heteroatoms. The Morgan fingerprint density at radius 3 is 2.76 bits per heavy atom. The Labute approximate surface area is 126 Å². The maximum atomic E-state index is 12.2. The first-order valence-electron chi connectivity index (χ1n) is 6.22. The SMILES string of the molecule is Cc1cccnc1NC(=O)c1cc(C)c(/C=C/C(=O)O)s1. The molecular weight excluding hydrogens is 288 g/mol. The number of amides is 1. The van der Waals surface area contributed by atoms with Gasteiger partial charge >= 0.3 is 5.97 Å². The second-order valence-electron chi connectivity index (χ2n) is 4.45. The molecule has 2 heterocycles. The van der Waals surface area contributed by atoms with Gasteiger partial charge in [-0.2, -0.15) is 0 Å². The minimum atomic E-state index is -1.02. The normalized spacial score (nSPS) is 10.8. The molecule has 0 aliphatic rings. The van der Waals surface area contributed by atoms with E-state index in [4.69, 9.17) is 5.11 Å². The standard InChI is InChI=1S/C15H14N2O3S/c1-9-4-3-7-16-14(9)17-15(20)12-8-10(2)11(21-12)5-6-13(18)19/h3-8H,1-2H3,(H,18,19)(H,16,17,20)/b6-5+. The van der Waals surface area contributed by atoms with Gasteiger partial charge in [-0.1, -0.05) is 6.07 Å². The predicted molar refractivity (Wildman–Crippen MR) is 82.7 cm³/mol. The molecule has 2 aromatic heterocycles. The molecule has 0 spiro atoms. The third-order valence-electron chi connectivity index (χ3n) is 2.80. The molecule has 0 aliphatic heterocycles. The quantitative estimate of drug-likeness (QED) is 0.850. The van der Waals surface area contributed by atoms with E-state index in [1.54, 1.807) is 18.3 Å². The summed E-state index contributed by atoms with van der Waals surface area (Å²) < 4.78 is 0. The zero-order valence-electron chi connectivity index (χ0n) is 11.6. The van der Waals surface area contributed by atoms with Crippen LogP contribution in [-0.4, -0.2) is 22.0 Å². The van der Waals surface area contributed by atoms with Gasteiger partial charge in [-0.3, -0.25) is 4.79 Å². The molecule has 2 aromatic rings. The Kier molecular flexibility index (Phi) is 4.49. The van der Waals surface area contributed by atoms with Gasteiger partial charge in [-0.15, -0.1) is 11.3 Å². The minimum Gasteiger partial charge on any atom is -0.478 e. The monoisotopic (exact) mass is 302 g/mol. The van der Waals surface area contributed by atoms with Crippen LogP contribution in [0, 0.1) is 13.8 Å². The number of hydrogen-bond acceptors (Lipinski definition) is 4. The van der Waals surface area contributed by atoms with E-state index >= 15 is 0 Å². The minimum absolute atomic E-state index is 0.250. The number of anilines is 1. The van der Waals surface area contributed by atoms with Crippen molar-refractivity contribution in [2.75, 3.05) is 5.32 Å². The maximum Gasteiger partial charge on any atom is 0.328 e. The highest BCUT2D eigenvalue weighted by atomic mass is 32.1. The summed E-state index contributed by atoms with van der Waals surface area (Å²) in [5.41, 5.74) is 1.74. The van der Waals surface area contributed by atoms with Gasteiger partial charge in [-0.05, 0) is 43.2 Å². The molecule has 0 aromatic carbocycles. The largest absolute Gasteiger partial charge is 0.478 e. The summed E-state index contributed by atoms with van der Waals surface area (Å²) in [7, 11) is 0. The topological polar surface area (TPSA) is 79.3 Å². The highest BCUT2D eigenvalue weighted by Gasteiger charge is 2.13. The zero-order valence-corrected chi connectivity index (χ0v) is 12.4. The lowest BCUT2D eigenvalue weighted by Crippen LogP contribution is -2.12. The number of hydrogen-bond donors (Lipinski definition) is 2. The van der Waals surface area contributed by atoms with Crippen molar-refractivity contribution in [3.63, 3.8) is 0 Å². The molecule has 0 aliphatic carbocycles. The number of pyridine rings is 1. The lowest BCUT2D eigenvalue weighted by Gasteiger charge is -2.04. The van der Waals surface area contributed by atoms with Gasteiger partial charge in [0.15, 0.2) is 0 Å². The fraction of sp³-hybridized carbons (Fsp3) is 0.133. The van der Waals surface area contributed by atoms with Gasteiger partial charge in [0.25, 0.3) is 5.91 Å². The van der Waals surface area contributed by atoms with E-state index in [2.05, 4.69) is 10.3 Å². The van der Waals surface area contributed by atoms with Crippen molar-refractivity contribution < 1.29 is 14.7 Å². The number of nitrogens with zero attached hydrogens (tertiary/aromatic N) is 1. The number of carbonyl (C=O) groups is 2. The van der Waals surface area contributed by atoms with Crippen LogP contribution in [0.4, 0.5) is 5.82 Å². The first-order chi connectivity index (χ1) is 9.97. The Morgan fingerprint density at radius 2 is 2.10 bits per heavy atom. The van der Waals surface area contributed by atoms with E-state index in [-0.39, 0.29) is 5.91 Å².